The van der Waals surface area contributed by atoms with Crippen LogP contribution in [-0.2, 0) is 8.85 Å². The van der Waals surface area contributed by atoms with Gasteiger partial charge >= 0.3 is 9.28 Å². The molecule has 0 aliphatic carbocycles. The van der Waals surface area contributed by atoms with Crippen molar-refractivity contribution in [3.05, 3.63) is 0 Å². The van der Waals surface area contributed by atoms with Gasteiger partial charge in [-0.25, -0.2) is 0 Å². The second-order valence-electron chi connectivity index (χ2n) is 2.48. The first kappa shape index (κ1) is 10.1. The van der Waals surface area contributed by atoms with Gasteiger partial charge in [-0.15, -0.1) is 0 Å². The third kappa shape index (κ3) is 6.22. The average molecular weight is 163 g/mol. The molecule has 0 aromatic carbocycles. The van der Waals surface area contributed by atoms with Crippen LogP contribution >= 0.6 is 0 Å². The standard InChI is InChI=1S/C6H17NO2Si/c1-7(2)5-6-9-10(4)8-3/h10H,5-6H2,1-4H3. The van der Waals surface area contributed by atoms with Crippen molar-refractivity contribution < 1.29 is 8.85 Å². The number of hydrogen-bond donors (Lipinski definition) is 0. The number of nitrogens with zero attached hydrogens (tertiary/aromatic N) is 1. The van der Waals surface area contributed by atoms with Gasteiger partial charge in [0.05, 0.1) is 0 Å². The van der Waals surface area contributed by atoms with Crippen LogP contribution in [0.1, 0.15) is 0 Å². The normalized spacial score (nSPS) is 14.1. The molecule has 62 valence electrons. The summed E-state index contributed by atoms with van der Waals surface area (Å²) in [5.74, 6) is 0. The SMILES string of the molecule is CO[SiH](C)OCCN(C)C. The van der Waals surface area contributed by atoms with Gasteiger partial charge < -0.3 is 13.8 Å². The van der Waals surface area contributed by atoms with Gasteiger partial charge in [0.1, 0.15) is 0 Å². The van der Waals surface area contributed by atoms with Gasteiger partial charge in [0, 0.05) is 20.3 Å². The van der Waals surface area contributed by atoms with E-state index in [1.807, 2.05) is 20.6 Å². The lowest BCUT2D eigenvalue weighted by Gasteiger charge is -2.12. The summed E-state index contributed by atoms with van der Waals surface area (Å²) in [6.07, 6.45) is 0. The molecule has 0 saturated carbocycles. The Bertz CT molecular complexity index is 80.1. The van der Waals surface area contributed by atoms with E-state index in [2.05, 4.69) is 4.90 Å². The predicted molar refractivity (Wildman–Crippen MR) is 44.5 cm³/mol. The topological polar surface area (TPSA) is 21.7 Å². The molecule has 0 spiro atoms. The monoisotopic (exact) mass is 163 g/mol. The minimum atomic E-state index is -1.27. The maximum atomic E-state index is 5.38. The Morgan fingerprint density at radius 3 is 2.40 bits per heavy atom. The molecule has 3 nitrogen and oxygen atoms in total. The Hall–Kier alpha value is 0.0969. The van der Waals surface area contributed by atoms with Crippen LogP contribution in [-0.4, -0.2) is 48.5 Å². The fourth-order valence-corrected chi connectivity index (χ4v) is 1.04. The maximum Gasteiger partial charge on any atom is 0.317 e. The van der Waals surface area contributed by atoms with Crippen molar-refractivity contribution in [2.24, 2.45) is 0 Å². The molecule has 0 bridgehead atoms. The maximum absolute atomic E-state index is 5.38. The molecule has 0 fully saturated rings. The fraction of sp³-hybridized carbons (Fsp3) is 1.00. The van der Waals surface area contributed by atoms with E-state index >= 15 is 0 Å². The highest BCUT2D eigenvalue weighted by atomic mass is 28.3. The van der Waals surface area contributed by atoms with E-state index in [1.54, 1.807) is 7.11 Å². The third-order valence-electron chi connectivity index (χ3n) is 1.22. The highest BCUT2D eigenvalue weighted by Crippen LogP contribution is 1.85. The first-order chi connectivity index (χ1) is 4.66. The second kappa shape index (κ2) is 5.85. The minimum absolute atomic E-state index is 0.786. The Balaban J connectivity index is 3.03. The Morgan fingerprint density at radius 1 is 1.40 bits per heavy atom. The highest BCUT2D eigenvalue weighted by molar-refractivity contribution is 6.42. The Kier molecular flexibility index (Phi) is 5.91. The van der Waals surface area contributed by atoms with Crippen molar-refractivity contribution in [2.75, 3.05) is 34.4 Å². The Labute approximate surface area is 64.8 Å². The summed E-state index contributed by atoms with van der Waals surface area (Å²) < 4.78 is 10.4. The fourth-order valence-electron chi connectivity index (χ4n) is 0.469. The average Bonchev–Trinajstić information content (AvgIpc) is 1.87. The third-order valence-corrected chi connectivity index (χ3v) is 2.59. The van der Waals surface area contributed by atoms with Crippen molar-refractivity contribution in [1.29, 1.82) is 0 Å². The van der Waals surface area contributed by atoms with Crippen molar-refractivity contribution in [3.8, 4) is 0 Å². The molecule has 0 aromatic heterocycles. The number of rotatable bonds is 5. The summed E-state index contributed by atoms with van der Waals surface area (Å²) in [6, 6.07) is 0. The lowest BCUT2D eigenvalue weighted by Crippen LogP contribution is -2.24. The van der Waals surface area contributed by atoms with Crippen LogP contribution in [0.2, 0.25) is 6.55 Å². The second-order valence-corrected chi connectivity index (χ2v) is 4.42. The zero-order valence-corrected chi connectivity index (χ0v) is 8.41. The van der Waals surface area contributed by atoms with Gasteiger partial charge in [-0.05, 0) is 20.6 Å². The van der Waals surface area contributed by atoms with E-state index in [0.29, 0.717) is 0 Å². The van der Waals surface area contributed by atoms with E-state index in [-0.39, 0.29) is 0 Å². The van der Waals surface area contributed by atoms with Crippen LogP contribution in [0.3, 0.4) is 0 Å². The smallest absolute Gasteiger partial charge is 0.317 e. The molecule has 10 heavy (non-hydrogen) atoms. The van der Waals surface area contributed by atoms with Crippen LogP contribution < -0.4 is 0 Å². The molecule has 0 aromatic rings. The lowest BCUT2D eigenvalue weighted by atomic mass is 10.6. The minimum Gasteiger partial charge on any atom is -0.400 e. The van der Waals surface area contributed by atoms with E-state index in [9.17, 15) is 0 Å². The molecule has 0 aliphatic heterocycles. The van der Waals surface area contributed by atoms with Crippen LogP contribution in [0.25, 0.3) is 0 Å². The van der Waals surface area contributed by atoms with Crippen LogP contribution in [0.5, 0.6) is 0 Å². The van der Waals surface area contributed by atoms with Gasteiger partial charge in [-0.2, -0.15) is 0 Å². The molecular weight excluding hydrogens is 146 g/mol. The van der Waals surface area contributed by atoms with Crippen LogP contribution in [0, 0.1) is 0 Å². The summed E-state index contributed by atoms with van der Waals surface area (Å²) in [5.41, 5.74) is 0. The van der Waals surface area contributed by atoms with Gasteiger partial charge in [0.25, 0.3) is 0 Å². The molecule has 0 rings (SSSR count). The van der Waals surface area contributed by atoms with Crippen LogP contribution in [0.4, 0.5) is 0 Å². The van der Waals surface area contributed by atoms with E-state index in [0.717, 1.165) is 13.2 Å². The molecule has 1 unspecified atom stereocenters. The van der Waals surface area contributed by atoms with Crippen molar-refractivity contribution in [3.63, 3.8) is 0 Å². The van der Waals surface area contributed by atoms with Crippen molar-refractivity contribution >= 4 is 9.28 Å². The molecule has 0 amide bonds. The first-order valence-electron chi connectivity index (χ1n) is 3.46. The summed E-state index contributed by atoms with van der Waals surface area (Å²) >= 11 is 0. The zero-order chi connectivity index (χ0) is 7.98. The molecule has 4 heteroatoms. The highest BCUT2D eigenvalue weighted by Gasteiger charge is 2.01. The van der Waals surface area contributed by atoms with Crippen LogP contribution in [0.15, 0.2) is 0 Å². The first-order valence-corrected chi connectivity index (χ1v) is 5.55. The summed E-state index contributed by atoms with van der Waals surface area (Å²) in [5, 5.41) is 0. The van der Waals surface area contributed by atoms with Gasteiger partial charge in [0.2, 0.25) is 0 Å². The van der Waals surface area contributed by atoms with Gasteiger partial charge in [-0.1, -0.05) is 0 Å². The lowest BCUT2D eigenvalue weighted by molar-refractivity contribution is 0.209. The molecule has 0 saturated heterocycles. The quantitative estimate of drug-likeness (QED) is 0.535. The predicted octanol–water partition coefficient (Wildman–Crippen LogP) is 0.0613. The molecule has 0 heterocycles. The zero-order valence-electron chi connectivity index (χ0n) is 7.26. The largest absolute Gasteiger partial charge is 0.400 e. The van der Waals surface area contributed by atoms with Gasteiger partial charge in [-0.3, -0.25) is 0 Å². The molecule has 0 N–H and O–H groups in total. The van der Waals surface area contributed by atoms with Crippen molar-refractivity contribution in [2.45, 2.75) is 6.55 Å². The Morgan fingerprint density at radius 2 is 2.00 bits per heavy atom. The summed E-state index contributed by atoms with van der Waals surface area (Å²) in [4.78, 5) is 2.09. The van der Waals surface area contributed by atoms with E-state index < -0.39 is 9.28 Å². The van der Waals surface area contributed by atoms with E-state index in [4.69, 9.17) is 8.85 Å². The summed E-state index contributed by atoms with van der Waals surface area (Å²) in [6.45, 7) is 3.78. The molecule has 0 aliphatic rings. The number of likely N-dealkylation sites (N-methyl/N-ethyl adjacent to an activating group) is 1. The molecular formula is C6H17NO2Si. The molecule has 1 atom stereocenters. The molecule has 0 radical (unpaired) electrons. The summed E-state index contributed by atoms with van der Waals surface area (Å²) in [7, 11) is 4.49. The van der Waals surface area contributed by atoms with Crippen molar-refractivity contribution in [1.82, 2.24) is 4.90 Å². The van der Waals surface area contributed by atoms with Gasteiger partial charge in [0.15, 0.2) is 0 Å². The number of hydrogen-bond acceptors (Lipinski definition) is 3. The van der Waals surface area contributed by atoms with E-state index in [1.165, 1.54) is 0 Å².